The molecule has 4 rings (SSSR count). The number of pyridine rings is 1. The first-order valence-corrected chi connectivity index (χ1v) is 11.3. The van der Waals surface area contributed by atoms with Crippen molar-refractivity contribution in [3.05, 3.63) is 74.8 Å². The lowest BCUT2D eigenvalue weighted by atomic mass is 10.1. The SMILES string of the molecule is Cc1ccnc(NS(=O)(=O)c2ccc(Nc3c(C)cnc4c3c(=O)n(C)c(=O)n4C)cc2)n1. The van der Waals surface area contributed by atoms with Gasteiger partial charge in [0.05, 0.1) is 10.6 Å². The Morgan fingerprint density at radius 3 is 2.30 bits per heavy atom. The van der Waals surface area contributed by atoms with Crippen LogP contribution in [-0.4, -0.2) is 32.5 Å². The molecule has 0 radical (unpaired) electrons. The van der Waals surface area contributed by atoms with Gasteiger partial charge >= 0.3 is 5.69 Å². The number of aromatic nitrogens is 5. The summed E-state index contributed by atoms with van der Waals surface area (Å²) in [5.74, 6) is -0.0162. The second kappa shape index (κ2) is 8.13. The Balaban J connectivity index is 1.70. The third kappa shape index (κ3) is 4.07. The molecular weight excluding hydrogens is 446 g/mol. The topological polar surface area (TPSA) is 141 Å². The minimum atomic E-state index is -3.89. The van der Waals surface area contributed by atoms with E-state index in [9.17, 15) is 18.0 Å². The average Bonchev–Trinajstić information content (AvgIpc) is 2.77. The summed E-state index contributed by atoms with van der Waals surface area (Å²) in [6.07, 6.45) is 3.03. The van der Waals surface area contributed by atoms with Crippen molar-refractivity contribution in [3.63, 3.8) is 0 Å². The molecular formula is C21H21N7O4S. The highest BCUT2D eigenvalue weighted by Crippen LogP contribution is 2.26. The van der Waals surface area contributed by atoms with Crippen molar-refractivity contribution in [2.24, 2.45) is 14.1 Å². The number of rotatable bonds is 5. The number of sulfonamides is 1. The van der Waals surface area contributed by atoms with Gasteiger partial charge in [0, 0.05) is 37.9 Å². The molecule has 2 N–H and O–H groups in total. The number of aryl methyl sites for hydroxylation is 3. The fourth-order valence-electron chi connectivity index (χ4n) is 3.32. The van der Waals surface area contributed by atoms with Crippen molar-refractivity contribution >= 4 is 38.4 Å². The fraction of sp³-hybridized carbons (Fsp3) is 0.190. The summed E-state index contributed by atoms with van der Waals surface area (Å²) in [6.45, 7) is 3.51. The molecule has 3 aromatic heterocycles. The molecule has 0 saturated heterocycles. The second-order valence-electron chi connectivity index (χ2n) is 7.50. The minimum absolute atomic E-state index is 0.0162. The van der Waals surface area contributed by atoms with Gasteiger partial charge in [0.15, 0.2) is 5.65 Å². The first kappa shape index (κ1) is 22.1. The van der Waals surface area contributed by atoms with E-state index >= 15 is 0 Å². The van der Waals surface area contributed by atoms with Crippen LogP contribution in [0.4, 0.5) is 17.3 Å². The van der Waals surface area contributed by atoms with E-state index in [4.69, 9.17) is 0 Å². The highest BCUT2D eigenvalue weighted by molar-refractivity contribution is 7.92. The van der Waals surface area contributed by atoms with E-state index in [1.807, 2.05) is 0 Å². The zero-order valence-electron chi connectivity index (χ0n) is 18.3. The smallest absolute Gasteiger partial charge is 0.332 e. The molecule has 0 fully saturated rings. The van der Waals surface area contributed by atoms with Gasteiger partial charge in [-0.15, -0.1) is 0 Å². The summed E-state index contributed by atoms with van der Waals surface area (Å²) in [5.41, 5.74) is 1.64. The van der Waals surface area contributed by atoms with Crippen LogP contribution in [0, 0.1) is 13.8 Å². The van der Waals surface area contributed by atoms with Crippen LogP contribution in [0.3, 0.4) is 0 Å². The Bertz CT molecular complexity index is 1610. The van der Waals surface area contributed by atoms with Gasteiger partial charge in [0.1, 0.15) is 5.39 Å². The third-order valence-electron chi connectivity index (χ3n) is 5.11. The Hall–Kier alpha value is -4.06. The largest absolute Gasteiger partial charge is 0.354 e. The molecule has 0 atom stereocenters. The Morgan fingerprint density at radius 1 is 0.939 bits per heavy atom. The van der Waals surface area contributed by atoms with Gasteiger partial charge in [-0.2, -0.15) is 0 Å². The van der Waals surface area contributed by atoms with Crippen molar-refractivity contribution in [1.82, 2.24) is 24.1 Å². The van der Waals surface area contributed by atoms with E-state index in [1.165, 1.54) is 29.9 Å². The van der Waals surface area contributed by atoms with E-state index in [1.54, 1.807) is 45.3 Å². The Kier molecular flexibility index (Phi) is 5.46. The van der Waals surface area contributed by atoms with Gasteiger partial charge in [0.2, 0.25) is 5.95 Å². The van der Waals surface area contributed by atoms with Crippen LogP contribution in [0.15, 0.2) is 57.2 Å². The van der Waals surface area contributed by atoms with Crippen molar-refractivity contribution in [1.29, 1.82) is 0 Å². The predicted molar refractivity (Wildman–Crippen MR) is 124 cm³/mol. The normalized spacial score (nSPS) is 11.5. The van der Waals surface area contributed by atoms with Crippen molar-refractivity contribution in [2.45, 2.75) is 18.7 Å². The summed E-state index contributed by atoms with van der Waals surface area (Å²) in [4.78, 5) is 37.3. The van der Waals surface area contributed by atoms with Crippen LogP contribution in [-0.2, 0) is 24.1 Å². The van der Waals surface area contributed by atoms with Gasteiger partial charge in [0.25, 0.3) is 15.6 Å². The number of anilines is 3. The zero-order chi connectivity index (χ0) is 23.9. The second-order valence-corrected chi connectivity index (χ2v) is 9.18. The average molecular weight is 468 g/mol. The molecule has 0 spiro atoms. The summed E-state index contributed by atoms with van der Waals surface area (Å²) >= 11 is 0. The Morgan fingerprint density at radius 2 is 1.64 bits per heavy atom. The molecule has 0 aliphatic heterocycles. The molecule has 4 aromatic rings. The molecule has 0 bridgehead atoms. The predicted octanol–water partition coefficient (Wildman–Crippen LogP) is 1.58. The molecule has 0 unspecified atom stereocenters. The Labute approximate surface area is 188 Å². The van der Waals surface area contributed by atoms with E-state index in [-0.39, 0.29) is 21.9 Å². The molecule has 0 aliphatic rings. The lowest BCUT2D eigenvalue weighted by Crippen LogP contribution is -2.37. The molecule has 1 aromatic carbocycles. The van der Waals surface area contributed by atoms with Crippen molar-refractivity contribution in [2.75, 3.05) is 10.0 Å². The number of fused-ring (bicyclic) bond motifs is 1. The highest BCUT2D eigenvalue weighted by Gasteiger charge is 2.18. The van der Waals surface area contributed by atoms with Gasteiger partial charge in [-0.25, -0.2) is 32.9 Å². The van der Waals surface area contributed by atoms with Gasteiger partial charge < -0.3 is 5.32 Å². The van der Waals surface area contributed by atoms with Crippen LogP contribution in [0.1, 0.15) is 11.3 Å². The molecule has 0 amide bonds. The summed E-state index contributed by atoms with van der Waals surface area (Å²) < 4.78 is 30.0. The molecule has 33 heavy (non-hydrogen) atoms. The van der Waals surface area contributed by atoms with Crippen LogP contribution in [0.25, 0.3) is 11.0 Å². The van der Waals surface area contributed by atoms with Gasteiger partial charge in [-0.3, -0.25) is 13.9 Å². The maximum Gasteiger partial charge on any atom is 0.332 e. The molecule has 0 aliphatic carbocycles. The van der Waals surface area contributed by atoms with Crippen molar-refractivity contribution < 1.29 is 8.42 Å². The van der Waals surface area contributed by atoms with E-state index in [0.29, 0.717) is 22.6 Å². The van der Waals surface area contributed by atoms with Gasteiger partial charge in [-0.1, -0.05) is 0 Å². The third-order valence-corrected chi connectivity index (χ3v) is 6.46. The quantitative estimate of drug-likeness (QED) is 0.451. The highest BCUT2D eigenvalue weighted by atomic mass is 32.2. The molecule has 3 heterocycles. The zero-order valence-corrected chi connectivity index (χ0v) is 19.1. The van der Waals surface area contributed by atoms with E-state index in [0.717, 1.165) is 4.57 Å². The summed E-state index contributed by atoms with van der Waals surface area (Å²) in [6, 6.07) is 7.65. The van der Waals surface area contributed by atoms with Crippen LogP contribution >= 0.6 is 0 Å². The first-order chi connectivity index (χ1) is 15.6. The number of nitrogens with zero attached hydrogens (tertiary/aromatic N) is 5. The van der Waals surface area contributed by atoms with Crippen LogP contribution in [0.5, 0.6) is 0 Å². The van der Waals surface area contributed by atoms with Crippen LogP contribution in [0.2, 0.25) is 0 Å². The number of hydrogen-bond acceptors (Lipinski definition) is 8. The minimum Gasteiger partial charge on any atom is -0.354 e. The maximum atomic E-state index is 12.8. The van der Waals surface area contributed by atoms with Crippen LogP contribution < -0.4 is 21.3 Å². The number of benzene rings is 1. The van der Waals surface area contributed by atoms with E-state index < -0.39 is 21.3 Å². The summed E-state index contributed by atoms with van der Waals surface area (Å²) in [7, 11) is -0.943. The lowest BCUT2D eigenvalue weighted by Gasteiger charge is -2.15. The standard InChI is InChI=1S/C21H21N7O4S/c1-12-11-23-18-16(19(29)28(4)21(30)27(18)3)17(12)25-14-5-7-15(8-6-14)33(31,32)26-20-22-10-9-13(2)24-20/h5-11H,1-4H3,(H,23,25)(H,22,24,26). The number of hydrogen-bond donors (Lipinski definition) is 2. The van der Waals surface area contributed by atoms with E-state index in [2.05, 4.69) is 25.0 Å². The maximum absolute atomic E-state index is 12.8. The fourth-order valence-corrected chi connectivity index (χ4v) is 4.27. The lowest BCUT2D eigenvalue weighted by molar-refractivity contribution is 0.601. The molecule has 12 heteroatoms. The molecule has 0 saturated carbocycles. The van der Waals surface area contributed by atoms with Crippen molar-refractivity contribution in [3.8, 4) is 0 Å². The van der Waals surface area contributed by atoms with Gasteiger partial charge in [-0.05, 0) is 49.7 Å². The summed E-state index contributed by atoms with van der Waals surface area (Å²) in [5, 5.41) is 3.42. The molecule has 170 valence electrons. The first-order valence-electron chi connectivity index (χ1n) is 9.83. The monoisotopic (exact) mass is 467 g/mol. The molecule has 11 nitrogen and oxygen atoms in total. The number of nitrogens with one attached hydrogen (secondary N) is 2.